The van der Waals surface area contributed by atoms with Crippen LogP contribution in [-0.2, 0) is 11.3 Å². The van der Waals surface area contributed by atoms with Crippen molar-refractivity contribution in [2.24, 2.45) is 0 Å². The molecule has 2 heterocycles. The zero-order valence-electron chi connectivity index (χ0n) is 17.4. The zero-order valence-corrected chi connectivity index (χ0v) is 17.4. The first-order valence-electron chi connectivity index (χ1n) is 10.0. The number of amides is 1. The summed E-state index contributed by atoms with van der Waals surface area (Å²) in [6.45, 7) is 4.32. The van der Waals surface area contributed by atoms with E-state index in [1.165, 1.54) is 10.6 Å². The molecule has 0 aliphatic heterocycles. The first kappa shape index (κ1) is 20.3. The molecule has 0 aliphatic carbocycles. The molecule has 156 valence electrons. The van der Waals surface area contributed by atoms with Crippen LogP contribution < -0.4 is 10.5 Å². The lowest BCUT2D eigenvalue weighted by molar-refractivity contribution is -0.119. The molecular weight excluding hydrogens is 392 g/mol. The van der Waals surface area contributed by atoms with Crippen LogP contribution in [0.2, 0.25) is 0 Å². The molecule has 0 atom stereocenters. The van der Waals surface area contributed by atoms with Gasteiger partial charge in [0.05, 0.1) is 5.56 Å². The maximum Gasteiger partial charge on any atom is 0.259 e. The average molecular weight is 414 g/mol. The lowest BCUT2D eigenvalue weighted by atomic mass is 10.1. The fourth-order valence-electron chi connectivity index (χ4n) is 3.28. The molecule has 0 saturated carbocycles. The van der Waals surface area contributed by atoms with Crippen molar-refractivity contribution >= 4 is 11.6 Å². The van der Waals surface area contributed by atoms with Gasteiger partial charge in [0.1, 0.15) is 6.54 Å². The zero-order chi connectivity index (χ0) is 21.8. The van der Waals surface area contributed by atoms with E-state index in [2.05, 4.69) is 10.1 Å². The van der Waals surface area contributed by atoms with Gasteiger partial charge in [-0.25, -0.2) is 0 Å². The average Bonchev–Trinajstić information content (AvgIpc) is 3.27. The summed E-state index contributed by atoms with van der Waals surface area (Å²) in [5.41, 5.74) is 3.06. The predicted molar refractivity (Wildman–Crippen MR) is 119 cm³/mol. The molecule has 7 heteroatoms. The number of likely N-dealkylation sites (N-methyl/N-ethyl adjacent to an activating group) is 1. The number of rotatable bonds is 6. The van der Waals surface area contributed by atoms with Gasteiger partial charge in [-0.1, -0.05) is 53.2 Å². The van der Waals surface area contributed by atoms with Gasteiger partial charge in [0, 0.05) is 30.1 Å². The molecule has 0 aliphatic rings. The van der Waals surface area contributed by atoms with Crippen molar-refractivity contribution in [2.45, 2.75) is 20.4 Å². The Balaban J connectivity index is 1.58. The van der Waals surface area contributed by atoms with Crippen molar-refractivity contribution in [3.63, 3.8) is 0 Å². The van der Waals surface area contributed by atoms with Crippen molar-refractivity contribution in [2.75, 3.05) is 11.4 Å². The Morgan fingerprint density at radius 3 is 2.42 bits per heavy atom. The van der Waals surface area contributed by atoms with E-state index in [0.29, 0.717) is 17.9 Å². The lowest BCUT2D eigenvalue weighted by Crippen LogP contribution is -2.36. The molecule has 0 unspecified atom stereocenters. The third-order valence-electron chi connectivity index (χ3n) is 4.96. The van der Waals surface area contributed by atoms with Crippen LogP contribution >= 0.6 is 0 Å². The van der Waals surface area contributed by atoms with Gasteiger partial charge in [-0.15, -0.1) is 0 Å². The molecule has 4 rings (SSSR count). The third-order valence-corrected chi connectivity index (χ3v) is 4.96. The highest BCUT2D eigenvalue weighted by molar-refractivity contribution is 5.93. The molecule has 4 aromatic rings. The highest BCUT2D eigenvalue weighted by Gasteiger charge is 2.16. The number of nitrogens with zero attached hydrogens (tertiary/aromatic N) is 4. The molecule has 0 spiro atoms. The monoisotopic (exact) mass is 414 g/mol. The molecular formula is C24H22N4O3. The molecule has 2 aromatic heterocycles. The molecule has 2 aromatic carbocycles. The summed E-state index contributed by atoms with van der Waals surface area (Å²) in [5.74, 6) is 0.566. The minimum atomic E-state index is -0.278. The Kier molecular flexibility index (Phi) is 5.75. The summed E-state index contributed by atoms with van der Waals surface area (Å²) in [6.07, 6.45) is 1.57. The van der Waals surface area contributed by atoms with E-state index in [9.17, 15) is 9.59 Å². The topological polar surface area (TPSA) is 81.2 Å². The van der Waals surface area contributed by atoms with Crippen molar-refractivity contribution in [3.05, 3.63) is 88.8 Å². The summed E-state index contributed by atoms with van der Waals surface area (Å²) < 4.78 is 6.76. The summed E-state index contributed by atoms with van der Waals surface area (Å²) in [7, 11) is 0. The Morgan fingerprint density at radius 1 is 1.00 bits per heavy atom. The fourth-order valence-corrected chi connectivity index (χ4v) is 3.28. The Labute approximate surface area is 179 Å². The molecule has 1 amide bonds. The summed E-state index contributed by atoms with van der Waals surface area (Å²) in [4.78, 5) is 31.3. The van der Waals surface area contributed by atoms with E-state index in [0.717, 1.165) is 16.8 Å². The van der Waals surface area contributed by atoms with Gasteiger partial charge in [-0.3, -0.25) is 9.59 Å². The van der Waals surface area contributed by atoms with Gasteiger partial charge in [-0.2, -0.15) is 4.98 Å². The second kappa shape index (κ2) is 8.79. The summed E-state index contributed by atoms with van der Waals surface area (Å²) in [6, 6.07) is 20.2. The van der Waals surface area contributed by atoms with Crippen LogP contribution in [0.4, 0.5) is 5.69 Å². The van der Waals surface area contributed by atoms with Crippen LogP contribution in [-0.4, -0.2) is 27.2 Å². The first-order valence-corrected chi connectivity index (χ1v) is 10.0. The van der Waals surface area contributed by atoms with Gasteiger partial charge in [0.15, 0.2) is 0 Å². The van der Waals surface area contributed by atoms with Crippen molar-refractivity contribution < 1.29 is 9.32 Å². The number of aryl methyl sites for hydroxylation is 1. The van der Waals surface area contributed by atoms with E-state index < -0.39 is 0 Å². The van der Waals surface area contributed by atoms with Gasteiger partial charge < -0.3 is 14.0 Å². The normalized spacial score (nSPS) is 10.8. The number of aromatic nitrogens is 3. The number of anilines is 1. The number of carbonyl (C=O) groups is 1. The molecule has 7 nitrogen and oxygen atoms in total. The number of carbonyl (C=O) groups excluding carboxylic acids is 1. The highest BCUT2D eigenvalue weighted by atomic mass is 16.5. The van der Waals surface area contributed by atoms with Gasteiger partial charge in [0.25, 0.3) is 11.4 Å². The van der Waals surface area contributed by atoms with Crippen LogP contribution in [0.3, 0.4) is 0 Å². The van der Waals surface area contributed by atoms with E-state index in [1.54, 1.807) is 17.2 Å². The van der Waals surface area contributed by atoms with Crippen LogP contribution in [0.5, 0.6) is 0 Å². The second-order valence-corrected chi connectivity index (χ2v) is 7.15. The quantitative estimate of drug-likeness (QED) is 0.478. The fraction of sp³-hybridized carbons (Fsp3) is 0.167. The summed E-state index contributed by atoms with van der Waals surface area (Å²) >= 11 is 0. The van der Waals surface area contributed by atoms with Gasteiger partial charge in [-0.05, 0) is 32.0 Å². The highest BCUT2D eigenvalue weighted by Crippen LogP contribution is 2.22. The SMILES string of the molecule is CCN(C(=O)Cn1cc(-c2nc(-c3ccc(C)cc3)no2)ccc1=O)c1ccccc1. The molecule has 0 radical (unpaired) electrons. The Morgan fingerprint density at radius 2 is 1.71 bits per heavy atom. The van der Waals surface area contributed by atoms with Crippen molar-refractivity contribution in [1.29, 1.82) is 0 Å². The first-order chi connectivity index (χ1) is 15.0. The second-order valence-electron chi connectivity index (χ2n) is 7.15. The summed E-state index contributed by atoms with van der Waals surface area (Å²) in [5, 5.41) is 4.04. The van der Waals surface area contributed by atoms with Crippen LogP contribution in [0.1, 0.15) is 12.5 Å². The Bertz CT molecular complexity index is 1240. The molecule has 0 bridgehead atoms. The van der Waals surface area contributed by atoms with Crippen molar-refractivity contribution in [1.82, 2.24) is 14.7 Å². The standard InChI is InChI=1S/C24H22N4O3/c1-3-28(20-7-5-4-6-8-20)22(30)16-27-15-19(13-14-21(27)29)24-25-23(26-31-24)18-11-9-17(2)10-12-18/h4-15H,3,16H2,1-2H3. The molecule has 0 saturated heterocycles. The van der Waals surface area contributed by atoms with Crippen molar-refractivity contribution in [3.8, 4) is 22.8 Å². The number of para-hydroxylation sites is 1. The van der Waals surface area contributed by atoms with Gasteiger partial charge in [0.2, 0.25) is 11.7 Å². The van der Waals surface area contributed by atoms with Gasteiger partial charge >= 0.3 is 0 Å². The van der Waals surface area contributed by atoms with E-state index >= 15 is 0 Å². The number of hydrogen-bond acceptors (Lipinski definition) is 5. The minimum Gasteiger partial charge on any atom is -0.334 e. The lowest BCUT2D eigenvalue weighted by Gasteiger charge is -2.21. The minimum absolute atomic E-state index is 0.0889. The maximum absolute atomic E-state index is 12.9. The number of hydrogen-bond donors (Lipinski definition) is 0. The van der Waals surface area contributed by atoms with E-state index in [1.807, 2.05) is 68.4 Å². The van der Waals surface area contributed by atoms with Crippen LogP contribution in [0.15, 0.2) is 82.2 Å². The van der Waals surface area contributed by atoms with Crippen LogP contribution in [0, 0.1) is 6.92 Å². The van der Waals surface area contributed by atoms with Crippen LogP contribution in [0.25, 0.3) is 22.8 Å². The Hall–Kier alpha value is -4.00. The smallest absolute Gasteiger partial charge is 0.259 e. The number of benzene rings is 2. The third kappa shape index (κ3) is 4.45. The predicted octanol–water partition coefficient (Wildman–Crippen LogP) is 3.93. The van der Waals surface area contributed by atoms with E-state index in [4.69, 9.17) is 4.52 Å². The van der Waals surface area contributed by atoms with E-state index in [-0.39, 0.29) is 23.9 Å². The maximum atomic E-state index is 12.9. The molecule has 0 N–H and O–H groups in total. The molecule has 0 fully saturated rings. The molecule has 31 heavy (non-hydrogen) atoms. The number of pyridine rings is 1. The largest absolute Gasteiger partial charge is 0.334 e.